The topological polar surface area (TPSA) is 67.9 Å². The zero-order valence-corrected chi connectivity index (χ0v) is 16.7. The van der Waals surface area contributed by atoms with Crippen LogP contribution >= 0.6 is 0 Å². The Morgan fingerprint density at radius 2 is 1.79 bits per heavy atom. The van der Waals surface area contributed by atoms with Crippen LogP contribution in [-0.2, 0) is 4.79 Å². The van der Waals surface area contributed by atoms with Crippen molar-refractivity contribution in [3.8, 4) is 11.5 Å². The molecule has 0 aromatic heterocycles. The molecule has 28 heavy (non-hydrogen) atoms. The van der Waals surface area contributed by atoms with Crippen LogP contribution in [0.25, 0.3) is 0 Å². The Hall–Kier alpha value is -3.02. The highest BCUT2D eigenvalue weighted by Gasteiger charge is 2.17. The number of rotatable bonds is 10. The van der Waals surface area contributed by atoms with Gasteiger partial charge in [0.05, 0.1) is 13.7 Å². The van der Waals surface area contributed by atoms with Crippen molar-refractivity contribution >= 4 is 17.5 Å². The van der Waals surface area contributed by atoms with E-state index in [1.165, 1.54) is 4.90 Å². The number of nitrogens with zero attached hydrogens (tertiary/aromatic N) is 1. The van der Waals surface area contributed by atoms with Gasteiger partial charge in [-0.25, -0.2) is 0 Å². The number of nitrogens with one attached hydrogen (secondary N) is 1. The third-order valence-corrected chi connectivity index (χ3v) is 4.22. The summed E-state index contributed by atoms with van der Waals surface area (Å²) in [7, 11) is 1.57. The molecule has 0 saturated carbocycles. The normalized spacial score (nSPS) is 10.2. The fourth-order valence-electron chi connectivity index (χ4n) is 2.61. The molecule has 2 rings (SSSR count). The molecule has 6 nitrogen and oxygen atoms in total. The van der Waals surface area contributed by atoms with E-state index >= 15 is 0 Å². The van der Waals surface area contributed by atoms with Gasteiger partial charge in [-0.3, -0.25) is 9.59 Å². The third kappa shape index (κ3) is 6.30. The number of benzene rings is 2. The first-order valence-electron chi connectivity index (χ1n) is 9.53. The van der Waals surface area contributed by atoms with E-state index in [9.17, 15) is 9.59 Å². The van der Waals surface area contributed by atoms with Gasteiger partial charge in [0.1, 0.15) is 18.0 Å². The van der Waals surface area contributed by atoms with Crippen molar-refractivity contribution in [1.82, 2.24) is 4.90 Å². The number of unbranched alkanes of at least 4 members (excludes halogenated alkanes) is 1. The van der Waals surface area contributed by atoms with Crippen LogP contribution < -0.4 is 14.8 Å². The Morgan fingerprint density at radius 1 is 1.04 bits per heavy atom. The largest absolute Gasteiger partial charge is 0.497 e. The smallest absolute Gasteiger partial charge is 0.254 e. The monoisotopic (exact) mass is 384 g/mol. The van der Waals surface area contributed by atoms with E-state index < -0.39 is 0 Å². The lowest BCUT2D eigenvalue weighted by molar-refractivity contribution is -0.116. The molecule has 0 radical (unpaired) electrons. The number of carbonyl (C=O) groups excluding carboxylic acids is 2. The van der Waals surface area contributed by atoms with Crippen molar-refractivity contribution in [2.75, 3.05) is 32.1 Å². The summed E-state index contributed by atoms with van der Waals surface area (Å²) in [5, 5.41) is 2.79. The zero-order valence-electron chi connectivity index (χ0n) is 16.7. The molecule has 0 unspecified atom stereocenters. The van der Waals surface area contributed by atoms with Crippen molar-refractivity contribution in [3.05, 3.63) is 54.1 Å². The molecule has 2 aromatic rings. The molecule has 0 aliphatic rings. The summed E-state index contributed by atoms with van der Waals surface area (Å²) in [6.45, 7) is 5.02. The maximum absolute atomic E-state index is 12.7. The van der Waals surface area contributed by atoms with Gasteiger partial charge in [-0.15, -0.1) is 0 Å². The number of anilines is 1. The highest BCUT2D eigenvalue weighted by atomic mass is 16.5. The van der Waals surface area contributed by atoms with Crippen molar-refractivity contribution in [2.24, 2.45) is 0 Å². The Bertz CT molecular complexity index is 774. The summed E-state index contributed by atoms with van der Waals surface area (Å²) < 4.78 is 10.8. The molecule has 0 atom stereocenters. The van der Waals surface area contributed by atoms with E-state index in [0.717, 1.165) is 18.6 Å². The number of hydrogen-bond acceptors (Lipinski definition) is 4. The molecular formula is C22H28N2O4. The maximum atomic E-state index is 12.7. The molecule has 0 aliphatic carbocycles. The van der Waals surface area contributed by atoms with Crippen LogP contribution in [0.5, 0.6) is 11.5 Å². The minimum atomic E-state index is -0.261. The maximum Gasteiger partial charge on any atom is 0.254 e. The Labute approximate surface area is 166 Å². The molecule has 2 amide bonds. The van der Waals surface area contributed by atoms with Crippen molar-refractivity contribution in [3.63, 3.8) is 0 Å². The SMILES string of the molecule is CCCCOc1ccc(C(=O)N(CC)CC(=O)Nc2cccc(OC)c2)cc1. The van der Waals surface area contributed by atoms with Crippen molar-refractivity contribution in [1.29, 1.82) is 0 Å². The van der Waals surface area contributed by atoms with Crippen LogP contribution in [0.15, 0.2) is 48.5 Å². The average molecular weight is 384 g/mol. The first kappa shape index (κ1) is 21.3. The number of carbonyl (C=O) groups is 2. The Balaban J connectivity index is 1.95. The van der Waals surface area contributed by atoms with Gasteiger partial charge in [0.15, 0.2) is 0 Å². The molecule has 1 N–H and O–H groups in total. The van der Waals surface area contributed by atoms with Gasteiger partial charge < -0.3 is 19.7 Å². The molecule has 0 fully saturated rings. The molecule has 0 heterocycles. The minimum absolute atomic E-state index is 0.0265. The van der Waals surface area contributed by atoms with E-state index in [1.807, 2.05) is 6.92 Å². The summed E-state index contributed by atoms with van der Waals surface area (Å²) >= 11 is 0. The number of amides is 2. The third-order valence-electron chi connectivity index (χ3n) is 4.22. The van der Waals surface area contributed by atoms with Gasteiger partial charge in [-0.1, -0.05) is 19.4 Å². The van der Waals surface area contributed by atoms with Crippen LogP contribution in [0.2, 0.25) is 0 Å². The number of methoxy groups -OCH3 is 1. The molecule has 0 bridgehead atoms. The Kier molecular flexibility index (Phi) is 8.34. The summed E-state index contributed by atoms with van der Waals surface area (Å²) in [5.74, 6) is 0.942. The molecule has 6 heteroatoms. The van der Waals surface area contributed by atoms with Gasteiger partial charge in [-0.2, -0.15) is 0 Å². The fourth-order valence-corrected chi connectivity index (χ4v) is 2.61. The first-order valence-corrected chi connectivity index (χ1v) is 9.53. The minimum Gasteiger partial charge on any atom is -0.497 e. The summed E-state index contributed by atoms with van der Waals surface area (Å²) in [6.07, 6.45) is 2.06. The summed E-state index contributed by atoms with van der Waals surface area (Å²) in [6, 6.07) is 14.1. The van der Waals surface area contributed by atoms with Crippen molar-refractivity contribution < 1.29 is 19.1 Å². The lowest BCUT2D eigenvalue weighted by Crippen LogP contribution is -2.37. The van der Waals surface area contributed by atoms with E-state index in [1.54, 1.807) is 55.6 Å². The van der Waals surface area contributed by atoms with E-state index in [4.69, 9.17) is 9.47 Å². The Morgan fingerprint density at radius 3 is 2.43 bits per heavy atom. The summed E-state index contributed by atoms with van der Waals surface area (Å²) in [4.78, 5) is 26.6. The second-order valence-electron chi connectivity index (χ2n) is 6.33. The number of ether oxygens (including phenoxy) is 2. The average Bonchev–Trinajstić information content (AvgIpc) is 2.72. The first-order chi connectivity index (χ1) is 13.6. The van der Waals surface area contributed by atoms with Gasteiger partial charge in [-0.05, 0) is 49.7 Å². The van der Waals surface area contributed by atoms with Gasteiger partial charge in [0, 0.05) is 23.9 Å². The van der Waals surface area contributed by atoms with Crippen LogP contribution in [0, 0.1) is 0 Å². The quantitative estimate of drug-likeness (QED) is 0.629. The van der Waals surface area contributed by atoms with E-state index in [0.29, 0.717) is 30.2 Å². The van der Waals surface area contributed by atoms with Crippen molar-refractivity contribution in [2.45, 2.75) is 26.7 Å². The molecule has 0 spiro atoms. The lowest BCUT2D eigenvalue weighted by Gasteiger charge is -2.20. The predicted molar refractivity (Wildman–Crippen MR) is 110 cm³/mol. The van der Waals surface area contributed by atoms with Crippen LogP contribution in [0.3, 0.4) is 0 Å². The lowest BCUT2D eigenvalue weighted by atomic mass is 10.2. The van der Waals surface area contributed by atoms with E-state index in [2.05, 4.69) is 12.2 Å². The fraction of sp³-hybridized carbons (Fsp3) is 0.364. The molecule has 2 aromatic carbocycles. The van der Waals surface area contributed by atoms with Crippen LogP contribution in [0.4, 0.5) is 5.69 Å². The second kappa shape index (κ2) is 11.0. The van der Waals surface area contributed by atoms with Crippen LogP contribution in [0.1, 0.15) is 37.0 Å². The second-order valence-corrected chi connectivity index (χ2v) is 6.33. The van der Waals surface area contributed by atoms with Gasteiger partial charge in [0.25, 0.3) is 5.91 Å². The highest BCUT2D eigenvalue weighted by Crippen LogP contribution is 2.17. The molecule has 0 aliphatic heterocycles. The standard InChI is InChI=1S/C22H28N2O4/c1-4-6-14-28-19-12-10-17(11-13-19)22(26)24(5-2)16-21(25)23-18-8-7-9-20(15-18)27-3/h7-13,15H,4-6,14,16H2,1-3H3,(H,23,25). The van der Waals surface area contributed by atoms with Crippen LogP contribution in [-0.4, -0.2) is 43.5 Å². The number of hydrogen-bond donors (Lipinski definition) is 1. The zero-order chi connectivity index (χ0) is 20.4. The highest BCUT2D eigenvalue weighted by molar-refractivity contribution is 5.99. The predicted octanol–water partition coefficient (Wildman–Crippen LogP) is 3.97. The van der Waals surface area contributed by atoms with Gasteiger partial charge >= 0.3 is 0 Å². The molecular weight excluding hydrogens is 356 g/mol. The molecule has 0 saturated heterocycles. The molecule has 150 valence electrons. The summed E-state index contributed by atoms with van der Waals surface area (Å²) in [5.41, 5.74) is 1.15. The van der Waals surface area contributed by atoms with E-state index in [-0.39, 0.29) is 18.4 Å². The van der Waals surface area contributed by atoms with Gasteiger partial charge in [0.2, 0.25) is 5.91 Å². The number of likely N-dealkylation sites (N-methyl/N-ethyl adjacent to an activating group) is 1.